The molecule has 0 spiro atoms. The second kappa shape index (κ2) is 41.3. The summed E-state index contributed by atoms with van der Waals surface area (Å²) in [5.74, 6) is -18.0. The molecule has 2 heterocycles. The number of nitrogens with two attached hydrogens (primary N) is 4. The van der Waals surface area contributed by atoms with E-state index in [2.05, 4.69) is 57.8 Å². The zero-order valence-electron chi connectivity index (χ0n) is 51.2. The molecule has 0 aromatic carbocycles. The summed E-state index contributed by atoms with van der Waals surface area (Å²) < 4.78 is 31.7. The van der Waals surface area contributed by atoms with E-state index in [-0.39, 0.29) is 51.6 Å². The molecule has 0 bridgehead atoms. The van der Waals surface area contributed by atoms with E-state index in [1.807, 2.05) is 5.32 Å². The molecule has 1 fully saturated rings. The van der Waals surface area contributed by atoms with E-state index in [4.69, 9.17) is 43.0 Å². The number of aliphatic hydroxyl groups excluding tert-OH is 1. The number of aromatic amines is 1. The lowest BCUT2D eigenvalue weighted by Gasteiger charge is -2.32. The first-order chi connectivity index (χ1) is 43.1. The molecule has 1 aliphatic rings. The van der Waals surface area contributed by atoms with Crippen molar-refractivity contribution in [1.29, 1.82) is 0 Å². The Balaban J connectivity index is 0.00000568. The van der Waals surface area contributed by atoms with Crippen molar-refractivity contribution in [1.82, 2.24) is 68.0 Å². The van der Waals surface area contributed by atoms with Gasteiger partial charge in [-0.15, -0.1) is 0 Å². The van der Waals surface area contributed by atoms with E-state index in [0.29, 0.717) is 37.9 Å². The van der Waals surface area contributed by atoms with Gasteiger partial charge in [-0.1, -0.05) is 40.5 Å². The number of rotatable bonds is 40. The van der Waals surface area contributed by atoms with Gasteiger partial charge in [-0.2, -0.15) is 13.2 Å². The highest BCUT2D eigenvalue weighted by Crippen LogP contribution is 2.21. The third-order valence-electron chi connectivity index (χ3n) is 13.8. The molecule has 92 heavy (non-hydrogen) atoms. The predicted octanol–water partition coefficient (Wildman–Crippen LogP) is -6.97. The standard InChI is InChI=1S/C51H85N17O17.C2HF3O2/c1-5-27(4)42(67-47(80)32(18-36(55)70)65-45(78)33(19-40(74)75)63-43(76)29(54)11-6-8-14-52)49(82)62-30(12-7-9-15-53)44(77)64-31(17-28-20-56-25-60-28)46(79)66-41(26(2)3)50(83)68-16-10-13-35(68)48(81)59-22-38(72)57-21-37(71)58-23-39(73)61-34(24-69)51(84)85;3-2(4,5)1(6)7/h20,25-27,29-35,41-42,69H,5-19,21-24,52-54H2,1-4H3,(H2,55,70)(H,56,60)(H,57,72)(H,58,71)(H,59,81)(H,61,73)(H,62,82)(H,63,76)(H,64,77)(H,65,78)(H,66,79)(H,67,80)(H,74,75)(H,84,85);(H,6,7)/t27-,29-,30-,31-,32-,33-,34-,35-,41-,42-;/m0./s1. The van der Waals surface area contributed by atoms with Crippen molar-refractivity contribution in [2.75, 3.05) is 45.9 Å². The van der Waals surface area contributed by atoms with Gasteiger partial charge in [0, 0.05) is 24.9 Å². The maximum atomic E-state index is 14.4. The van der Waals surface area contributed by atoms with Crippen molar-refractivity contribution < 1.29 is 106 Å². The molecular formula is C53H86F3N17O19. The predicted molar refractivity (Wildman–Crippen MR) is 312 cm³/mol. The maximum absolute atomic E-state index is 14.4. The minimum absolute atomic E-state index is 0.0463. The number of carbonyl (C=O) groups is 15. The molecule has 2 rings (SSSR count). The summed E-state index contributed by atoms with van der Waals surface area (Å²) in [5.41, 5.74) is 23.0. The molecule has 1 saturated heterocycles. The summed E-state index contributed by atoms with van der Waals surface area (Å²) in [4.78, 5) is 200. The Morgan fingerprint density at radius 2 is 1.15 bits per heavy atom. The van der Waals surface area contributed by atoms with Crippen LogP contribution in [-0.4, -0.2) is 231 Å². The van der Waals surface area contributed by atoms with E-state index < -0.39 is 200 Å². The van der Waals surface area contributed by atoms with E-state index in [0.717, 1.165) is 0 Å². The number of carboxylic acids is 3. The molecule has 0 unspecified atom stereocenters. The van der Waals surface area contributed by atoms with E-state index >= 15 is 0 Å². The molecular weight excluding hydrogens is 1240 g/mol. The van der Waals surface area contributed by atoms with Crippen molar-refractivity contribution in [3.05, 3.63) is 18.2 Å². The van der Waals surface area contributed by atoms with Crippen LogP contribution in [0.4, 0.5) is 13.2 Å². The number of aliphatic hydroxyl groups is 1. The Labute approximate surface area is 525 Å². The van der Waals surface area contributed by atoms with Crippen LogP contribution in [0.3, 0.4) is 0 Å². The van der Waals surface area contributed by atoms with Crippen molar-refractivity contribution in [2.45, 2.75) is 165 Å². The molecule has 1 aromatic rings. The van der Waals surface area contributed by atoms with Crippen molar-refractivity contribution >= 4 is 88.8 Å². The molecule has 518 valence electrons. The second-order valence-corrected chi connectivity index (χ2v) is 21.5. The largest absolute Gasteiger partial charge is 0.490 e. The van der Waals surface area contributed by atoms with E-state index in [1.54, 1.807) is 27.7 Å². The number of nitrogens with zero attached hydrogens (tertiary/aromatic N) is 2. The van der Waals surface area contributed by atoms with Gasteiger partial charge in [-0.3, -0.25) is 62.3 Å². The fourth-order valence-electron chi connectivity index (χ4n) is 8.51. The highest BCUT2D eigenvalue weighted by molar-refractivity contribution is 6.00. The quantitative estimate of drug-likeness (QED) is 0.0272. The Bertz CT molecular complexity index is 2690. The number of amides is 12. The Morgan fingerprint density at radius 1 is 0.652 bits per heavy atom. The molecule has 1 aliphatic heterocycles. The van der Waals surface area contributed by atoms with E-state index in [9.17, 15) is 85.4 Å². The fourth-order valence-corrected chi connectivity index (χ4v) is 8.51. The van der Waals surface area contributed by atoms with Crippen LogP contribution in [0.1, 0.15) is 104 Å². The second-order valence-electron chi connectivity index (χ2n) is 21.5. The highest BCUT2D eigenvalue weighted by atomic mass is 19.4. The van der Waals surface area contributed by atoms with Gasteiger partial charge in [0.2, 0.25) is 70.9 Å². The number of hydrogen-bond acceptors (Lipinski definition) is 20. The van der Waals surface area contributed by atoms with Gasteiger partial charge in [0.1, 0.15) is 48.3 Å². The summed E-state index contributed by atoms with van der Waals surface area (Å²) in [6.07, 6.45) is -1.83. The zero-order chi connectivity index (χ0) is 70.0. The van der Waals surface area contributed by atoms with Crippen LogP contribution in [0.15, 0.2) is 12.5 Å². The molecule has 0 aliphatic carbocycles. The Morgan fingerprint density at radius 3 is 1.66 bits per heavy atom. The number of primary amides is 1. The fraction of sp³-hybridized carbons (Fsp3) is 0.660. The number of hydrogen-bond donors (Lipinski definition) is 19. The zero-order valence-corrected chi connectivity index (χ0v) is 51.2. The number of likely N-dealkylation sites (tertiary alicyclic amines) is 1. The topological polar surface area (TPSA) is 593 Å². The number of carboxylic acid groups (broad SMARTS) is 3. The average Bonchev–Trinajstić information content (AvgIpc) is 1.55. The first kappa shape index (κ1) is 80.9. The average molecular weight is 1320 g/mol. The van der Waals surface area contributed by atoms with Crippen molar-refractivity contribution in [3.63, 3.8) is 0 Å². The summed E-state index contributed by atoms with van der Waals surface area (Å²) >= 11 is 0. The smallest absolute Gasteiger partial charge is 0.481 e. The number of nitrogens with one attached hydrogen (secondary N) is 11. The number of alkyl halides is 3. The monoisotopic (exact) mass is 1320 g/mol. The minimum atomic E-state index is -5.08. The number of aliphatic carboxylic acids is 3. The third-order valence-corrected chi connectivity index (χ3v) is 13.8. The summed E-state index contributed by atoms with van der Waals surface area (Å²) in [7, 11) is 0. The van der Waals surface area contributed by atoms with Crippen LogP contribution >= 0.6 is 0 Å². The summed E-state index contributed by atoms with van der Waals surface area (Å²) in [5, 5.41) is 58.5. The first-order valence-corrected chi connectivity index (χ1v) is 29.1. The first-order valence-electron chi connectivity index (χ1n) is 29.1. The van der Waals surface area contributed by atoms with Gasteiger partial charge in [-0.05, 0) is 69.9 Å². The molecule has 1 aromatic heterocycles. The van der Waals surface area contributed by atoms with E-state index in [1.165, 1.54) is 17.4 Å². The Kier molecular flexibility index (Phi) is 36.3. The number of H-pyrrole nitrogens is 1. The number of unbranched alkanes of at least 4 members (excludes halogenated alkanes) is 2. The van der Waals surface area contributed by atoms with Crippen LogP contribution in [-0.2, 0) is 78.3 Å². The number of halogens is 3. The molecule has 23 N–H and O–H groups in total. The van der Waals surface area contributed by atoms with Gasteiger partial charge < -0.3 is 106 Å². The SMILES string of the molecule is CC[C@H](C)[C@H](NC(=O)[C@H](CC(N)=O)NC(=O)[C@H](CC(=O)O)NC(=O)[C@@H](N)CCCCN)C(=O)N[C@@H](CCCCN)C(=O)N[C@@H](Cc1cnc[nH]1)C(=O)N[C@H](C(=O)N1CCC[C@H]1C(=O)NCC(=O)NCC(=O)NCC(=O)N[C@@H](CO)C(=O)O)C(C)C.O=C(O)C(F)(F)F. The highest BCUT2D eigenvalue weighted by Gasteiger charge is 2.41. The lowest BCUT2D eigenvalue weighted by molar-refractivity contribution is -0.192. The molecule has 0 saturated carbocycles. The third kappa shape index (κ3) is 30.1. The number of imidazole rings is 1. The van der Waals surface area contributed by atoms with Crippen LogP contribution < -0.4 is 76.1 Å². The van der Waals surface area contributed by atoms with Gasteiger partial charge in [0.05, 0.1) is 51.5 Å². The van der Waals surface area contributed by atoms with Crippen LogP contribution in [0.2, 0.25) is 0 Å². The molecule has 0 radical (unpaired) electrons. The van der Waals surface area contributed by atoms with Gasteiger partial charge >= 0.3 is 24.1 Å². The number of aromatic nitrogens is 2. The van der Waals surface area contributed by atoms with Crippen LogP contribution in [0.25, 0.3) is 0 Å². The molecule has 36 nitrogen and oxygen atoms in total. The normalized spacial score (nSPS) is 15.7. The number of carbonyl (C=O) groups excluding carboxylic acids is 12. The minimum Gasteiger partial charge on any atom is -0.481 e. The van der Waals surface area contributed by atoms with Crippen LogP contribution in [0, 0.1) is 11.8 Å². The van der Waals surface area contributed by atoms with Gasteiger partial charge in [-0.25, -0.2) is 14.6 Å². The van der Waals surface area contributed by atoms with Crippen LogP contribution in [0.5, 0.6) is 0 Å². The lowest BCUT2D eigenvalue weighted by atomic mass is 9.96. The van der Waals surface area contributed by atoms with Gasteiger partial charge in [0.15, 0.2) is 0 Å². The van der Waals surface area contributed by atoms with Crippen molar-refractivity contribution in [3.8, 4) is 0 Å². The molecule has 10 atom stereocenters. The summed E-state index contributed by atoms with van der Waals surface area (Å²) in [6, 6.07) is -13.0. The summed E-state index contributed by atoms with van der Waals surface area (Å²) in [6.45, 7) is 4.31. The molecule has 39 heteroatoms. The van der Waals surface area contributed by atoms with Crippen molar-refractivity contribution in [2.24, 2.45) is 34.8 Å². The van der Waals surface area contributed by atoms with Gasteiger partial charge in [0.25, 0.3) is 0 Å². The Hall–Kier alpha value is -9.11. The molecule has 12 amide bonds. The maximum Gasteiger partial charge on any atom is 0.490 e. The lowest BCUT2D eigenvalue weighted by Crippen LogP contribution is -2.62.